The highest BCUT2D eigenvalue weighted by Gasteiger charge is 2.16. The van der Waals surface area contributed by atoms with Crippen LogP contribution in [0.2, 0.25) is 0 Å². The van der Waals surface area contributed by atoms with E-state index >= 15 is 0 Å². The van der Waals surface area contributed by atoms with E-state index in [1.54, 1.807) is 19.1 Å². The van der Waals surface area contributed by atoms with Crippen LogP contribution in [0.1, 0.15) is 26.4 Å². The van der Waals surface area contributed by atoms with Gasteiger partial charge < -0.3 is 10.4 Å². The van der Waals surface area contributed by atoms with Crippen LogP contribution in [0.3, 0.4) is 0 Å². The molecule has 1 aromatic carbocycles. The molecule has 1 heterocycles. The van der Waals surface area contributed by atoms with Gasteiger partial charge in [0.15, 0.2) is 0 Å². The minimum Gasteiger partial charge on any atom is -0.478 e. The first-order chi connectivity index (χ1) is 9.49. The summed E-state index contributed by atoms with van der Waals surface area (Å²) in [6.07, 6.45) is 1.45. The van der Waals surface area contributed by atoms with Crippen LogP contribution in [-0.2, 0) is 0 Å². The first kappa shape index (κ1) is 13.7. The summed E-state index contributed by atoms with van der Waals surface area (Å²) in [6, 6.07) is 6.45. The highest BCUT2D eigenvalue weighted by molar-refractivity contribution is 6.07. The molecule has 0 aliphatic carbocycles. The molecule has 0 aliphatic rings. The molecule has 2 rings (SSSR count). The zero-order chi connectivity index (χ0) is 14.7. The summed E-state index contributed by atoms with van der Waals surface area (Å²) in [4.78, 5) is 27.0. The predicted molar refractivity (Wildman–Crippen MR) is 70.3 cm³/mol. The topological polar surface area (TPSA) is 79.3 Å². The SMILES string of the molecule is Cc1cccnc1C(=O)Nc1cc(F)ccc1C(=O)O. The number of carbonyl (C=O) groups is 2. The number of amides is 1. The molecule has 2 N–H and O–H groups in total. The fourth-order valence-corrected chi connectivity index (χ4v) is 1.71. The van der Waals surface area contributed by atoms with Crippen molar-refractivity contribution in [2.75, 3.05) is 5.32 Å². The van der Waals surface area contributed by atoms with Crippen molar-refractivity contribution in [1.29, 1.82) is 0 Å². The second-order valence-corrected chi connectivity index (χ2v) is 4.12. The van der Waals surface area contributed by atoms with Gasteiger partial charge in [-0.15, -0.1) is 0 Å². The zero-order valence-electron chi connectivity index (χ0n) is 10.6. The Balaban J connectivity index is 2.35. The van der Waals surface area contributed by atoms with Crippen LogP contribution in [0.25, 0.3) is 0 Å². The number of rotatable bonds is 3. The Labute approximate surface area is 114 Å². The van der Waals surface area contributed by atoms with Crippen molar-refractivity contribution in [3.8, 4) is 0 Å². The number of aromatic nitrogens is 1. The van der Waals surface area contributed by atoms with Crippen LogP contribution in [0.15, 0.2) is 36.5 Å². The molecule has 0 spiro atoms. The molecule has 0 bridgehead atoms. The molecule has 0 atom stereocenters. The summed E-state index contributed by atoms with van der Waals surface area (Å²) in [5.41, 5.74) is 0.507. The number of carbonyl (C=O) groups excluding carboxylic acids is 1. The molecule has 6 heteroatoms. The molecule has 0 saturated carbocycles. The third-order valence-corrected chi connectivity index (χ3v) is 2.68. The van der Waals surface area contributed by atoms with Crippen LogP contribution >= 0.6 is 0 Å². The van der Waals surface area contributed by atoms with E-state index in [0.717, 1.165) is 18.2 Å². The lowest BCUT2D eigenvalue weighted by Crippen LogP contribution is -2.17. The first-order valence-electron chi connectivity index (χ1n) is 5.75. The van der Waals surface area contributed by atoms with Crippen LogP contribution in [0.5, 0.6) is 0 Å². The maximum absolute atomic E-state index is 13.2. The summed E-state index contributed by atoms with van der Waals surface area (Å²) in [6.45, 7) is 1.70. The minimum absolute atomic E-state index is 0.104. The second kappa shape index (κ2) is 5.48. The predicted octanol–water partition coefficient (Wildman–Crippen LogP) is 2.48. The Morgan fingerprint density at radius 3 is 2.70 bits per heavy atom. The monoisotopic (exact) mass is 274 g/mol. The number of anilines is 1. The fourth-order valence-electron chi connectivity index (χ4n) is 1.71. The van der Waals surface area contributed by atoms with Crippen LogP contribution in [0, 0.1) is 12.7 Å². The zero-order valence-corrected chi connectivity index (χ0v) is 10.6. The number of hydrogen-bond acceptors (Lipinski definition) is 3. The number of nitrogens with one attached hydrogen (secondary N) is 1. The summed E-state index contributed by atoms with van der Waals surface area (Å²) in [7, 11) is 0. The number of halogens is 1. The molecule has 1 aromatic heterocycles. The lowest BCUT2D eigenvalue weighted by Gasteiger charge is -2.09. The van der Waals surface area contributed by atoms with Gasteiger partial charge in [0.05, 0.1) is 11.3 Å². The van der Waals surface area contributed by atoms with Gasteiger partial charge in [-0.3, -0.25) is 9.78 Å². The third-order valence-electron chi connectivity index (χ3n) is 2.68. The van der Waals surface area contributed by atoms with Crippen molar-refractivity contribution < 1.29 is 19.1 Å². The van der Waals surface area contributed by atoms with Crippen LogP contribution in [-0.4, -0.2) is 22.0 Å². The lowest BCUT2D eigenvalue weighted by molar-refractivity contribution is 0.0698. The number of nitrogens with zero attached hydrogens (tertiary/aromatic N) is 1. The Morgan fingerprint density at radius 1 is 1.30 bits per heavy atom. The Kier molecular flexibility index (Phi) is 3.74. The number of benzene rings is 1. The van der Waals surface area contributed by atoms with Gasteiger partial charge in [0.2, 0.25) is 0 Å². The van der Waals surface area contributed by atoms with E-state index in [1.807, 2.05) is 0 Å². The summed E-state index contributed by atoms with van der Waals surface area (Å²) in [5.74, 6) is -2.47. The average Bonchev–Trinajstić information content (AvgIpc) is 2.38. The Morgan fingerprint density at radius 2 is 2.05 bits per heavy atom. The van der Waals surface area contributed by atoms with Crippen molar-refractivity contribution in [3.63, 3.8) is 0 Å². The molecule has 2 aromatic rings. The normalized spacial score (nSPS) is 10.1. The van der Waals surface area contributed by atoms with E-state index < -0.39 is 17.7 Å². The van der Waals surface area contributed by atoms with Crippen molar-refractivity contribution in [2.24, 2.45) is 0 Å². The van der Waals surface area contributed by atoms with Crippen molar-refractivity contribution >= 4 is 17.6 Å². The van der Waals surface area contributed by atoms with Crippen molar-refractivity contribution in [1.82, 2.24) is 4.98 Å². The van der Waals surface area contributed by atoms with Gasteiger partial charge in [0.1, 0.15) is 11.5 Å². The number of pyridine rings is 1. The molecule has 5 nitrogen and oxygen atoms in total. The summed E-state index contributed by atoms with van der Waals surface area (Å²) < 4.78 is 13.2. The molecular weight excluding hydrogens is 263 g/mol. The molecular formula is C14H11FN2O3. The van der Waals surface area contributed by atoms with Gasteiger partial charge >= 0.3 is 5.97 Å². The second-order valence-electron chi connectivity index (χ2n) is 4.12. The highest BCUT2D eigenvalue weighted by Crippen LogP contribution is 2.18. The average molecular weight is 274 g/mol. The maximum Gasteiger partial charge on any atom is 0.337 e. The number of carboxylic acid groups (broad SMARTS) is 1. The summed E-state index contributed by atoms with van der Waals surface area (Å²) >= 11 is 0. The van der Waals surface area contributed by atoms with E-state index in [4.69, 9.17) is 5.11 Å². The fraction of sp³-hybridized carbons (Fsp3) is 0.0714. The van der Waals surface area contributed by atoms with Crippen molar-refractivity contribution in [2.45, 2.75) is 6.92 Å². The number of aromatic carboxylic acids is 1. The Hall–Kier alpha value is -2.76. The lowest BCUT2D eigenvalue weighted by atomic mass is 10.1. The minimum atomic E-state index is -1.25. The Bertz CT molecular complexity index is 686. The van der Waals surface area contributed by atoms with Crippen molar-refractivity contribution in [3.05, 3.63) is 59.2 Å². The van der Waals surface area contributed by atoms with E-state index in [2.05, 4.69) is 10.3 Å². The van der Waals surface area contributed by atoms with E-state index in [-0.39, 0.29) is 16.9 Å². The summed E-state index contributed by atoms with van der Waals surface area (Å²) in [5, 5.41) is 11.4. The first-order valence-corrected chi connectivity index (χ1v) is 5.75. The highest BCUT2D eigenvalue weighted by atomic mass is 19.1. The molecule has 1 amide bonds. The van der Waals surface area contributed by atoms with E-state index in [1.165, 1.54) is 6.20 Å². The van der Waals surface area contributed by atoms with Gasteiger partial charge in [0.25, 0.3) is 5.91 Å². The molecule has 0 fully saturated rings. The number of aryl methyl sites for hydroxylation is 1. The largest absolute Gasteiger partial charge is 0.478 e. The molecule has 102 valence electrons. The molecule has 0 radical (unpaired) electrons. The van der Waals surface area contributed by atoms with Gasteiger partial charge in [-0.1, -0.05) is 6.07 Å². The standard InChI is InChI=1S/C14H11FN2O3/c1-8-3-2-6-16-12(8)13(18)17-11-7-9(15)4-5-10(11)14(19)20/h2-7H,1H3,(H,17,18)(H,19,20). The van der Waals surface area contributed by atoms with Gasteiger partial charge in [-0.25, -0.2) is 9.18 Å². The van der Waals surface area contributed by atoms with E-state index in [0.29, 0.717) is 5.56 Å². The molecule has 20 heavy (non-hydrogen) atoms. The van der Waals surface area contributed by atoms with Gasteiger partial charge in [0, 0.05) is 6.20 Å². The number of carboxylic acids is 1. The molecule has 0 aliphatic heterocycles. The number of hydrogen-bond donors (Lipinski definition) is 2. The van der Waals surface area contributed by atoms with E-state index in [9.17, 15) is 14.0 Å². The van der Waals surface area contributed by atoms with Gasteiger partial charge in [-0.2, -0.15) is 0 Å². The smallest absolute Gasteiger partial charge is 0.337 e. The van der Waals surface area contributed by atoms with Crippen LogP contribution < -0.4 is 5.32 Å². The maximum atomic E-state index is 13.2. The van der Waals surface area contributed by atoms with Gasteiger partial charge in [-0.05, 0) is 36.8 Å². The molecule has 0 unspecified atom stereocenters. The van der Waals surface area contributed by atoms with Crippen LogP contribution in [0.4, 0.5) is 10.1 Å². The quantitative estimate of drug-likeness (QED) is 0.901. The third kappa shape index (κ3) is 2.80. The molecule has 0 saturated heterocycles.